The first-order valence-corrected chi connectivity index (χ1v) is 10.5. The number of aliphatic hydroxyl groups excluding tert-OH is 1. The summed E-state index contributed by atoms with van der Waals surface area (Å²) in [5, 5.41) is 17.1. The standard InChI is InChI=1S/C20H20F3IN4O5/c1-11(30)25-4-6-32-26-10-12-8-14(20(31)28-33-7-5-29)19(18(23)17(12)22)27-16-3-2-13(24)9-15(16)21/h2-3,8-10,27,29H,4-7H2,1H3,(H,25,30)(H,28,31)/b26-10-. The largest absolute Gasteiger partial charge is 0.394 e. The fourth-order valence-corrected chi connectivity index (χ4v) is 2.86. The van der Waals surface area contributed by atoms with E-state index < -0.39 is 46.8 Å². The van der Waals surface area contributed by atoms with Crippen molar-refractivity contribution in [2.75, 3.05) is 31.7 Å². The van der Waals surface area contributed by atoms with Crippen LogP contribution < -0.4 is 16.1 Å². The molecule has 0 aliphatic rings. The molecule has 0 aliphatic heterocycles. The van der Waals surface area contributed by atoms with Crippen LogP contribution in [0.2, 0.25) is 0 Å². The molecule has 2 aromatic carbocycles. The number of rotatable bonds is 11. The van der Waals surface area contributed by atoms with E-state index >= 15 is 0 Å². The van der Waals surface area contributed by atoms with Gasteiger partial charge in [0.2, 0.25) is 5.91 Å². The Balaban J connectivity index is 2.35. The summed E-state index contributed by atoms with van der Waals surface area (Å²) < 4.78 is 44.4. The number of carbonyl (C=O) groups excluding carboxylic acids is 2. The average Bonchev–Trinajstić information content (AvgIpc) is 2.76. The second kappa shape index (κ2) is 13.0. The summed E-state index contributed by atoms with van der Waals surface area (Å²) in [5.74, 6) is -4.85. The van der Waals surface area contributed by atoms with Gasteiger partial charge in [-0.15, -0.1) is 0 Å². The monoisotopic (exact) mass is 580 g/mol. The molecule has 0 aliphatic carbocycles. The van der Waals surface area contributed by atoms with Gasteiger partial charge in [-0.25, -0.2) is 18.7 Å². The lowest BCUT2D eigenvalue weighted by Gasteiger charge is -2.15. The highest BCUT2D eigenvalue weighted by Crippen LogP contribution is 2.30. The molecule has 0 radical (unpaired) electrons. The van der Waals surface area contributed by atoms with E-state index in [1.165, 1.54) is 25.1 Å². The first kappa shape index (κ1) is 26.3. The Labute approximate surface area is 200 Å². The number of hydrogen-bond acceptors (Lipinski definition) is 7. The van der Waals surface area contributed by atoms with Crippen LogP contribution >= 0.6 is 22.6 Å². The molecule has 2 amide bonds. The number of aliphatic hydroxyl groups is 1. The summed E-state index contributed by atoms with van der Waals surface area (Å²) in [6, 6.07) is 4.96. The average molecular weight is 580 g/mol. The van der Waals surface area contributed by atoms with Gasteiger partial charge in [0, 0.05) is 16.1 Å². The Kier molecular flexibility index (Phi) is 10.3. The number of carbonyl (C=O) groups is 2. The van der Waals surface area contributed by atoms with Crippen LogP contribution in [-0.2, 0) is 14.5 Å². The summed E-state index contributed by atoms with van der Waals surface area (Å²) in [5.41, 5.74) is 0.285. The number of halogens is 4. The Hall–Kier alpha value is -2.91. The number of hydroxylamine groups is 1. The third kappa shape index (κ3) is 7.87. The van der Waals surface area contributed by atoms with Crippen LogP contribution in [0.4, 0.5) is 24.5 Å². The molecule has 178 valence electrons. The predicted octanol–water partition coefficient (Wildman–Crippen LogP) is 2.59. The van der Waals surface area contributed by atoms with E-state index in [4.69, 9.17) is 14.8 Å². The lowest BCUT2D eigenvalue weighted by atomic mass is 10.1. The van der Waals surface area contributed by atoms with Gasteiger partial charge in [0.25, 0.3) is 5.91 Å². The first-order chi connectivity index (χ1) is 15.7. The number of hydrogen-bond donors (Lipinski definition) is 4. The first-order valence-electron chi connectivity index (χ1n) is 9.41. The molecule has 33 heavy (non-hydrogen) atoms. The van der Waals surface area contributed by atoms with E-state index in [-0.39, 0.29) is 31.4 Å². The summed E-state index contributed by atoms with van der Waals surface area (Å²) >= 11 is 1.88. The third-order valence-corrected chi connectivity index (χ3v) is 4.53. The molecule has 0 aromatic heterocycles. The number of nitrogens with one attached hydrogen (secondary N) is 3. The van der Waals surface area contributed by atoms with Crippen LogP contribution in [-0.4, -0.2) is 49.5 Å². The number of anilines is 2. The van der Waals surface area contributed by atoms with Crippen molar-refractivity contribution < 1.29 is 37.5 Å². The summed E-state index contributed by atoms with van der Waals surface area (Å²) in [6.07, 6.45) is 0.840. The lowest BCUT2D eigenvalue weighted by molar-refractivity contribution is -0.119. The zero-order valence-corrected chi connectivity index (χ0v) is 19.4. The quantitative estimate of drug-likeness (QED) is 0.140. The molecule has 0 unspecified atom stereocenters. The van der Waals surface area contributed by atoms with Gasteiger partial charge in [0.1, 0.15) is 12.4 Å². The fourth-order valence-electron chi connectivity index (χ4n) is 2.40. The minimum Gasteiger partial charge on any atom is -0.394 e. The van der Waals surface area contributed by atoms with Gasteiger partial charge in [-0.2, -0.15) is 0 Å². The van der Waals surface area contributed by atoms with E-state index in [9.17, 15) is 22.8 Å². The maximum atomic E-state index is 14.9. The molecule has 0 spiro atoms. The van der Waals surface area contributed by atoms with Crippen molar-refractivity contribution in [3.8, 4) is 0 Å². The van der Waals surface area contributed by atoms with Crippen LogP contribution in [0.25, 0.3) is 0 Å². The molecule has 9 nitrogen and oxygen atoms in total. The Morgan fingerprint density at radius 3 is 2.61 bits per heavy atom. The van der Waals surface area contributed by atoms with E-state index in [2.05, 4.69) is 15.8 Å². The zero-order chi connectivity index (χ0) is 24.4. The predicted molar refractivity (Wildman–Crippen MR) is 121 cm³/mol. The van der Waals surface area contributed by atoms with Gasteiger partial charge >= 0.3 is 0 Å². The molecular weight excluding hydrogens is 560 g/mol. The maximum Gasteiger partial charge on any atom is 0.277 e. The van der Waals surface area contributed by atoms with Crippen LogP contribution in [0.1, 0.15) is 22.8 Å². The second-order valence-corrected chi connectivity index (χ2v) is 7.57. The van der Waals surface area contributed by atoms with Crippen molar-refractivity contribution >= 4 is 52.0 Å². The number of oxime groups is 1. The lowest BCUT2D eigenvalue weighted by Crippen LogP contribution is -2.26. The molecule has 2 aromatic rings. The summed E-state index contributed by atoms with van der Waals surface area (Å²) in [4.78, 5) is 32.9. The van der Waals surface area contributed by atoms with Crippen molar-refractivity contribution in [2.45, 2.75) is 6.92 Å². The van der Waals surface area contributed by atoms with E-state index in [1.54, 1.807) is 0 Å². The van der Waals surface area contributed by atoms with Crippen LogP contribution in [0, 0.1) is 21.0 Å². The fraction of sp³-hybridized carbons (Fsp3) is 0.250. The van der Waals surface area contributed by atoms with Gasteiger partial charge in [-0.3, -0.25) is 14.4 Å². The van der Waals surface area contributed by atoms with Gasteiger partial charge in [0.05, 0.1) is 42.9 Å². The van der Waals surface area contributed by atoms with Gasteiger partial charge in [-0.05, 0) is 46.9 Å². The molecule has 0 atom stereocenters. The number of benzene rings is 2. The molecule has 0 saturated carbocycles. The Bertz CT molecular complexity index is 1040. The van der Waals surface area contributed by atoms with Crippen molar-refractivity contribution in [1.82, 2.24) is 10.8 Å². The van der Waals surface area contributed by atoms with E-state index in [0.717, 1.165) is 12.3 Å². The highest BCUT2D eigenvalue weighted by Gasteiger charge is 2.23. The molecule has 2 rings (SSSR count). The van der Waals surface area contributed by atoms with Crippen molar-refractivity contribution in [2.24, 2.45) is 5.16 Å². The van der Waals surface area contributed by atoms with Crippen molar-refractivity contribution in [3.63, 3.8) is 0 Å². The minimum atomic E-state index is -1.47. The molecule has 0 heterocycles. The Morgan fingerprint density at radius 1 is 1.18 bits per heavy atom. The molecule has 0 saturated heterocycles. The molecule has 0 bridgehead atoms. The smallest absolute Gasteiger partial charge is 0.277 e. The number of amides is 2. The van der Waals surface area contributed by atoms with Crippen LogP contribution in [0.15, 0.2) is 29.4 Å². The molecule has 4 N–H and O–H groups in total. The molecule has 13 heteroatoms. The summed E-state index contributed by atoms with van der Waals surface area (Å²) in [6.45, 7) is 0.777. The van der Waals surface area contributed by atoms with E-state index in [1.807, 2.05) is 28.1 Å². The summed E-state index contributed by atoms with van der Waals surface area (Å²) in [7, 11) is 0. The van der Waals surface area contributed by atoms with E-state index in [0.29, 0.717) is 3.57 Å². The van der Waals surface area contributed by atoms with Crippen LogP contribution in [0.3, 0.4) is 0 Å². The maximum absolute atomic E-state index is 14.9. The second-order valence-electron chi connectivity index (χ2n) is 6.32. The molecular formula is C20H20F3IN4O5. The van der Waals surface area contributed by atoms with Gasteiger partial charge in [-0.1, -0.05) is 5.16 Å². The topological polar surface area (TPSA) is 121 Å². The number of nitrogens with zero attached hydrogens (tertiary/aromatic N) is 1. The highest BCUT2D eigenvalue weighted by molar-refractivity contribution is 14.1. The minimum absolute atomic E-state index is 0.0335. The SMILES string of the molecule is CC(=O)NCCO/N=C\c1cc(C(=O)NOCCO)c(Nc2ccc(I)cc2F)c(F)c1F. The highest BCUT2D eigenvalue weighted by atomic mass is 127. The van der Waals surface area contributed by atoms with Crippen LogP contribution in [0.5, 0.6) is 0 Å². The third-order valence-electron chi connectivity index (χ3n) is 3.86. The van der Waals surface area contributed by atoms with Gasteiger partial charge in [0.15, 0.2) is 11.6 Å². The zero-order valence-electron chi connectivity index (χ0n) is 17.3. The van der Waals surface area contributed by atoms with Crippen molar-refractivity contribution in [3.05, 3.63) is 56.4 Å². The van der Waals surface area contributed by atoms with Crippen molar-refractivity contribution in [1.29, 1.82) is 0 Å². The Morgan fingerprint density at radius 2 is 1.94 bits per heavy atom. The van der Waals surface area contributed by atoms with Gasteiger partial charge < -0.3 is 20.6 Å². The normalized spacial score (nSPS) is 10.8. The molecule has 0 fully saturated rings.